The number of nitrogens with one attached hydrogen (secondary N) is 1. The molecule has 6 nitrogen and oxygen atoms in total. The van der Waals surface area contributed by atoms with E-state index in [1.165, 1.54) is 0 Å². The minimum Gasteiger partial charge on any atom is -0.481 e. The SMILES string of the molecule is Cc1cc(CNC(=O)N2CCCCC2CCC(=O)O)ccn1. The highest BCUT2D eigenvalue weighted by Gasteiger charge is 2.26. The molecule has 6 heteroatoms. The van der Waals surface area contributed by atoms with Gasteiger partial charge in [0.1, 0.15) is 0 Å². The lowest BCUT2D eigenvalue weighted by Gasteiger charge is -2.35. The molecule has 1 aromatic heterocycles. The molecule has 1 fully saturated rings. The maximum atomic E-state index is 12.4. The molecule has 0 saturated carbocycles. The molecule has 1 aromatic rings. The second-order valence-corrected chi connectivity index (χ2v) is 5.74. The van der Waals surface area contributed by atoms with Gasteiger partial charge in [-0.05, 0) is 50.3 Å². The molecule has 120 valence electrons. The van der Waals surface area contributed by atoms with Crippen LogP contribution < -0.4 is 5.32 Å². The summed E-state index contributed by atoms with van der Waals surface area (Å²) in [4.78, 5) is 29.0. The third-order valence-corrected chi connectivity index (χ3v) is 3.98. The van der Waals surface area contributed by atoms with E-state index in [9.17, 15) is 9.59 Å². The van der Waals surface area contributed by atoms with Crippen LogP contribution in [0, 0.1) is 6.92 Å². The Morgan fingerprint density at radius 3 is 3.00 bits per heavy atom. The molecule has 1 unspecified atom stereocenters. The Morgan fingerprint density at radius 1 is 1.45 bits per heavy atom. The van der Waals surface area contributed by atoms with E-state index in [1.807, 2.05) is 19.1 Å². The number of aliphatic carboxylic acids is 1. The first-order chi connectivity index (χ1) is 10.6. The van der Waals surface area contributed by atoms with Crippen molar-refractivity contribution in [3.05, 3.63) is 29.6 Å². The zero-order valence-corrected chi connectivity index (χ0v) is 12.9. The van der Waals surface area contributed by atoms with E-state index in [-0.39, 0.29) is 18.5 Å². The van der Waals surface area contributed by atoms with E-state index in [0.29, 0.717) is 19.5 Å². The van der Waals surface area contributed by atoms with E-state index < -0.39 is 5.97 Å². The third kappa shape index (κ3) is 4.72. The molecule has 1 aliphatic heterocycles. The molecule has 1 atom stereocenters. The van der Waals surface area contributed by atoms with Crippen LogP contribution in [0.15, 0.2) is 18.3 Å². The molecule has 22 heavy (non-hydrogen) atoms. The zero-order valence-electron chi connectivity index (χ0n) is 12.9. The summed E-state index contributed by atoms with van der Waals surface area (Å²) in [6.45, 7) is 3.08. The van der Waals surface area contributed by atoms with Gasteiger partial charge in [-0.2, -0.15) is 0 Å². The van der Waals surface area contributed by atoms with Crippen LogP contribution in [0.1, 0.15) is 43.4 Å². The molecule has 0 radical (unpaired) electrons. The number of nitrogens with zero attached hydrogens (tertiary/aromatic N) is 2. The van der Waals surface area contributed by atoms with Crippen LogP contribution in [-0.2, 0) is 11.3 Å². The second kappa shape index (κ2) is 7.77. The lowest BCUT2D eigenvalue weighted by Crippen LogP contribution is -2.48. The first-order valence-corrected chi connectivity index (χ1v) is 7.74. The van der Waals surface area contributed by atoms with Gasteiger partial charge in [-0.3, -0.25) is 9.78 Å². The van der Waals surface area contributed by atoms with Crippen LogP contribution >= 0.6 is 0 Å². The zero-order chi connectivity index (χ0) is 15.9. The number of hydrogen-bond acceptors (Lipinski definition) is 3. The van der Waals surface area contributed by atoms with E-state index in [2.05, 4.69) is 10.3 Å². The van der Waals surface area contributed by atoms with Crippen molar-refractivity contribution >= 4 is 12.0 Å². The Hall–Kier alpha value is -2.11. The fourth-order valence-electron chi connectivity index (χ4n) is 2.85. The van der Waals surface area contributed by atoms with Crippen molar-refractivity contribution in [3.8, 4) is 0 Å². The number of amides is 2. The molecule has 1 aliphatic rings. The van der Waals surface area contributed by atoms with Crippen molar-refractivity contribution in [2.75, 3.05) is 6.54 Å². The van der Waals surface area contributed by atoms with Gasteiger partial charge in [-0.15, -0.1) is 0 Å². The van der Waals surface area contributed by atoms with Crippen LogP contribution in [-0.4, -0.2) is 39.6 Å². The standard InChI is InChI=1S/C16H23N3O3/c1-12-10-13(7-8-17-12)11-18-16(22)19-9-3-2-4-14(19)5-6-15(20)21/h7-8,10,14H,2-6,9,11H2,1H3,(H,18,22)(H,20,21). The molecule has 2 rings (SSSR count). The summed E-state index contributed by atoms with van der Waals surface area (Å²) in [7, 11) is 0. The van der Waals surface area contributed by atoms with E-state index in [0.717, 1.165) is 30.5 Å². The van der Waals surface area contributed by atoms with E-state index in [1.54, 1.807) is 11.1 Å². The predicted molar refractivity (Wildman–Crippen MR) is 82.4 cm³/mol. The quantitative estimate of drug-likeness (QED) is 0.874. The summed E-state index contributed by atoms with van der Waals surface area (Å²) in [5.41, 5.74) is 1.93. The Kier molecular flexibility index (Phi) is 5.75. The number of urea groups is 1. The summed E-state index contributed by atoms with van der Waals surface area (Å²) < 4.78 is 0. The van der Waals surface area contributed by atoms with Crippen LogP contribution in [0.3, 0.4) is 0 Å². The van der Waals surface area contributed by atoms with Crippen molar-refractivity contribution < 1.29 is 14.7 Å². The average molecular weight is 305 g/mol. The largest absolute Gasteiger partial charge is 0.481 e. The molecule has 2 amide bonds. The van der Waals surface area contributed by atoms with E-state index in [4.69, 9.17) is 5.11 Å². The number of carboxylic acid groups (broad SMARTS) is 1. The van der Waals surface area contributed by atoms with Crippen molar-refractivity contribution in [2.45, 2.75) is 51.6 Å². The van der Waals surface area contributed by atoms with Crippen molar-refractivity contribution in [1.82, 2.24) is 15.2 Å². The van der Waals surface area contributed by atoms with E-state index >= 15 is 0 Å². The summed E-state index contributed by atoms with van der Waals surface area (Å²) in [6, 6.07) is 3.75. The number of hydrogen-bond donors (Lipinski definition) is 2. The first kappa shape index (κ1) is 16.3. The molecular weight excluding hydrogens is 282 g/mol. The summed E-state index contributed by atoms with van der Waals surface area (Å²) in [5.74, 6) is -0.807. The molecule has 2 heterocycles. The number of rotatable bonds is 5. The number of carbonyl (C=O) groups excluding carboxylic acids is 1. The normalized spacial score (nSPS) is 18.0. The van der Waals surface area contributed by atoms with Crippen LogP contribution in [0.2, 0.25) is 0 Å². The van der Waals surface area contributed by atoms with Gasteiger partial charge in [-0.25, -0.2) is 4.79 Å². The minimum atomic E-state index is -0.807. The molecular formula is C16H23N3O3. The van der Waals surface area contributed by atoms with Gasteiger partial charge in [0.25, 0.3) is 0 Å². The Balaban J connectivity index is 1.89. The lowest BCUT2D eigenvalue weighted by atomic mass is 9.98. The van der Waals surface area contributed by atoms with Gasteiger partial charge in [0.15, 0.2) is 0 Å². The third-order valence-electron chi connectivity index (χ3n) is 3.98. The summed E-state index contributed by atoms with van der Waals surface area (Å²) in [6.07, 6.45) is 5.28. The monoisotopic (exact) mass is 305 g/mol. The minimum absolute atomic E-state index is 0.0315. The molecule has 2 N–H and O–H groups in total. The Morgan fingerprint density at radius 2 is 2.27 bits per heavy atom. The molecule has 0 bridgehead atoms. The van der Waals surface area contributed by atoms with Crippen molar-refractivity contribution in [2.24, 2.45) is 0 Å². The van der Waals surface area contributed by atoms with Gasteiger partial charge in [0.05, 0.1) is 0 Å². The van der Waals surface area contributed by atoms with Gasteiger partial charge in [0, 0.05) is 37.4 Å². The molecule has 1 saturated heterocycles. The number of carbonyl (C=O) groups is 2. The van der Waals surface area contributed by atoms with Gasteiger partial charge < -0.3 is 15.3 Å². The number of piperidine rings is 1. The second-order valence-electron chi connectivity index (χ2n) is 5.74. The predicted octanol–water partition coefficient (Wildman–Crippen LogP) is 2.32. The maximum Gasteiger partial charge on any atom is 0.317 e. The Labute approximate surface area is 130 Å². The van der Waals surface area contributed by atoms with Gasteiger partial charge >= 0.3 is 12.0 Å². The molecule has 0 aliphatic carbocycles. The first-order valence-electron chi connectivity index (χ1n) is 7.74. The van der Waals surface area contributed by atoms with Crippen LogP contribution in [0.25, 0.3) is 0 Å². The number of likely N-dealkylation sites (tertiary alicyclic amines) is 1. The fourth-order valence-corrected chi connectivity index (χ4v) is 2.85. The number of pyridine rings is 1. The topological polar surface area (TPSA) is 82.5 Å². The fraction of sp³-hybridized carbons (Fsp3) is 0.562. The summed E-state index contributed by atoms with van der Waals surface area (Å²) in [5, 5.41) is 11.7. The highest BCUT2D eigenvalue weighted by Crippen LogP contribution is 2.21. The lowest BCUT2D eigenvalue weighted by molar-refractivity contribution is -0.137. The average Bonchev–Trinajstić information content (AvgIpc) is 2.51. The van der Waals surface area contributed by atoms with Gasteiger partial charge in [-0.1, -0.05) is 0 Å². The summed E-state index contributed by atoms with van der Waals surface area (Å²) >= 11 is 0. The number of aryl methyl sites for hydroxylation is 1. The maximum absolute atomic E-state index is 12.4. The molecule has 0 spiro atoms. The highest BCUT2D eigenvalue weighted by atomic mass is 16.4. The van der Waals surface area contributed by atoms with Crippen LogP contribution in [0.4, 0.5) is 4.79 Å². The Bertz CT molecular complexity index is 533. The number of aromatic nitrogens is 1. The van der Waals surface area contributed by atoms with Crippen molar-refractivity contribution in [1.29, 1.82) is 0 Å². The number of carboxylic acids is 1. The highest BCUT2D eigenvalue weighted by molar-refractivity contribution is 5.74. The smallest absolute Gasteiger partial charge is 0.317 e. The molecule has 0 aromatic carbocycles. The van der Waals surface area contributed by atoms with Crippen molar-refractivity contribution in [3.63, 3.8) is 0 Å². The van der Waals surface area contributed by atoms with Gasteiger partial charge in [0.2, 0.25) is 0 Å². The van der Waals surface area contributed by atoms with Crippen LogP contribution in [0.5, 0.6) is 0 Å².